The van der Waals surface area contributed by atoms with Crippen molar-refractivity contribution in [1.29, 1.82) is 0 Å². The minimum atomic E-state index is -0.455. The number of aliphatic hydroxyl groups is 1. The van der Waals surface area contributed by atoms with Crippen molar-refractivity contribution in [2.45, 2.75) is 11.8 Å². The summed E-state index contributed by atoms with van der Waals surface area (Å²) in [7, 11) is 0. The smallest absolute Gasteiger partial charge is 0.121 e. The summed E-state index contributed by atoms with van der Waals surface area (Å²) in [6.07, 6.45) is -0.407. The molecule has 3 aromatic carbocycles. The van der Waals surface area contributed by atoms with Crippen LogP contribution in [0.5, 0.6) is 0 Å². The quantitative estimate of drug-likeness (QED) is 0.588. The zero-order valence-electron chi connectivity index (χ0n) is 12.8. The molecule has 3 aromatic rings. The van der Waals surface area contributed by atoms with Crippen molar-refractivity contribution in [3.8, 4) is 0 Å². The highest BCUT2D eigenvalue weighted by molar-refractivity contribution is 5.50. The summed E-state index contributed by atoms with van der Waals surface area (Å²) in [5.41, 5.74) is 3.07. The summed E-state index contributed by atoms with van der Waals surface area (Å²) in [6, 6.07) is 31.3. The molecule has 0 amide bonds. The number of benzene rings is 3. The van der Waals surface area contributed by atoms with Crippen LogP contribution in [0.3, 0.4) is 0 Å². The Bertz CT molecular complexity index is 674. The molecular formula is C21H19NO. The fraction of sp³-hybridized carbons (Fsp3) is 0.143. The number of hydrogen-bond donors (Lipinski definition) is 1. The minimum absolute atomic E-state index is 0.407. The van der Waals surface area contributed by atoms with E-state index in [0.29, 0.717) is 6.54 Å². The third-order valence-corrected chi connectivity index (χ3v) is 4.59. The van der Waals surface area contributed by atoms with Crippen molar-refractivity contribution in [3.05, 3.63) is 108 Å². The van der Waals surface area contributed by atoms with Crippen molar-refractivity contribution in [2.75, 3.05) is 6.54 Å². The molecule has 0 aromatic heterocycles. The van der Waals surface area contributed by atoms with Gasteiger partial charge in [-0.05, 0) is 16.7 Å². The number of β-amino-alcohol motifs (C(OH)–C–C–N with tert-alkyl or cyclic N) is 1. The number of rotatable bonds is 4. The molecule has 1 fully saturated rings. The van der Waals surface area contributed by atoms with Crippen LogP contribution in [0.4, 0.5) is 0 Å². The van der Waals surface area contributed by atoms with Crippen molar-refractivity contribution in [3.63, 3.8) is 0 Å². The average Bonchev–Trinajstić information content (AvgIpc) is 3.35. The van der Waals surface area contributed by atoms with Crippen LogP contribution < -0.4 is 0 Å². The second-order valence-electron chi connectivity index (χ2n) is 5.94. The molecule has 2 unspecified atom stereocenters. The van der Waals surface area contributed by atoms with Gasteiger partial charge in [-0.1, -0.05) is 91.0 Å². The maximum atomic E-state index is 10.3. The van der Waals surface area contributed by atoms with Crippen molar-refractivity contribution < 1.29 is 5.11 Å². The third-order valence-electron chi connectivity index (χ3n) is 4.59. The van der Waals surface area contributed by atoms with Gasteiger partial charge in [-0.25, -0.2) is 0 Å². The first kappa shape index (κ1) is 14.2. The standard InChI is InChI=1S/C21H19NO/c23-20-16-22(20)21(17-10-4-1-5-11-17,18-12-6-2-7-13-18)19-14-8-3-9-15-19/h1-15,20,23H,16H2. The van der Waals surface area contributed by atoms with E-state index in [9.17, 15) is 5.11 Å². The summed E-state index contributed by atoms with van der Waals surface area (Å²) in [4.78, 5) is 2.15. The summed E-state index contributed by atoms with van der Waals surface area (Å²) < 4.78 is 0. The molecule has 1 heterocycles. The van der Waals surface area contributed by atoms with Crippen LogP contribution >= 0.6 is 0 Å². The van der Waals surface area contributed by atoms with Gasteiger partial charge in [-0.3, -0.25) is 4.90 Å². The molecule has 1 aliphatic heterocycles. The van der Waals surface area contributed by atoms with Gasteiger partial charge >= 0.3 is 0 Å². The predicted octanol–water partition coefficient (Wildman–Crippen LogP) is 3.61. The zero-order chi connectivity index (χ0) is 15.7. The van der Waals surface area contributed by atoms with Crippen molar-refractivity contribution in [1.82, 2.24) is 4.90 Å². The van der Waals surface area contributed by atoms with Crippen LogP contribution in [0, 0.1) is 0 Å². The molecule has 1 aliphatic rings. The molecule has 4 rings (SSSR count). The summed E-state index contributed by atoms with van der Waals surface area (Å²) in [6.45, 7) is 0.679. The number of hydrogen-bond acceptors (Lipinski definition) is 2. The van der Waals surface area contributed by atoms with E-state index in [1.807, 2.05) is 18.2 Å². The van der Waals surface area contributed by atoms with Crippen LogP contribution in [0.25, 0.3) is 0 Å². The molecule has 0 aliphatic carbocycles. The van der Waals surface area contributed by atoms with Crippen LogP contribution in [-0.2, 0) is 5.54 Å². The molecule has 2 nitrogen and oxygen atoms in total. The topological polar surface area (TPSA) is 23.2 Å². The van der Waals surface area contributed by atoms with E-state index >= 15 is 0 Å². The lowest BCUT2D eigenvalue weighted by molar-refractivity contribution is 0.164. The van der Waals surface area contributed by atoms with Gasteiger partial charge < -0.3 is 5.11 Å². The zero-order valence-corrected chi connectivity index (χ0v) is 12.8. The maximum Gasteiger partial charge on any atom is 0.121 e. The molecular weight excluding hydrogens is 282 g/mol. The normalized spacial score (nSPS) is 20.2. The largest absolute Gasteiger partial charge is 0.377 e. The Balaban J connectivity index is 2.03. The minimum Gasteiger partial charge on any atom is -0.377 e. The Morgan fingerprint density at radius 2 is 0.957 bits per heavy atom. The van der Waals surface area contributed by atoms with Gasteiger partial charge in [-0.2, -0.15) is 0 Å². The molecule has 114 valence electrons. The molecule has 1 N–H and O–H groups in total. The molecule has 1 saturated heterocycles. The molecule has 2 atom stereocenters. The number of nitrogens with zero attached hydrogens (tertiary/aromatic N) is 1. The summed E-state index contributed by atoms with van der Waals surface area (Å²) in [5, 5.41) is 10.3. The number of aliphatic hydroxyl groups excluding tert-OH is 1. The van der Waals surface area contributed by atoms with E-state index in [2.05, 4.69) is 77.7 Å². The fourth-order valence-electron chi connectivity index (χ4n) is 3.52. The van der Waals surface area contributed by atoms with E-state index in [1.54, 1.807) is 0 Å². The Hall–Kier alpha value is -2.42. The van der Waals surface area contributed by atoms with Crippen LogP contribution in [0.15, 0.2) is 91.0 Å². The van der Waals surface area contributed by atoms with Crippen molar-refractivity contribution >= 4 is 0 Å². The lowest BCUT2D eigenvalue weighted by Crippen LogP contribution is -2.39. The van der Waals surface area contributed by atoms with Gasteiger partial charge in [0.1, 0.15) is 6.23 Å². The van der Waals surface area contributed by atoms with Crippen LogP contribution in [0.2, 0.25) is 0 Å². The molecule has 0 bridgehead atoms. The third kappa shape index (κ3) is 2.27. The van der Waals surface area contributed by atoms with Gasteiger partial charge in [0.25, 0.3) is 0 Å². The predicted molar refractivity (Wildman–Crippen MR) is 91.9 cm³/mol. The van der Waals surface area contributed by atoms with Gasteiger partial charge in [0.2, 0.25) is 0 Å². The molecule has 0 saturated carbocycles. The van der Waals surface area contributed by atoms with Crippen molar-refractivity contribution in [2.24, 2.45) is 0 Å². The Morgan fingerprint density at radius 1 is 0.652 bits per heavy atom. The van der Waals surface area contributed by atoms with E-state index in [0.717, 1.165) is 0 Å². The molecule has 2 heteroatoms. The van der Waals surface area contributed by atoms with E-state index in [1.165, 1.54) is 16.7 Å². The highest BCUT2D eigenvalue weighted by atomic mass is 16.3. The first-order valence-electron chi connectivity index (χ1n) is 7.95. The Kier molecular flexibility index (Phi) is 3.49. The second kappa shape index (κ2) is 5.65. The van der Waals surface area contributed by atoms with Gasteiger partial charge in [-0.15, -0.1) is 0 Å². The lowest BCUT2D eigenvalue weighted by atomic mass is 9.77. The molecule has 0 spiro atoms. The SMILES string of the molecule is OC1CN1C(c1ccccc1)(c1ccccc1)c1ccccc1. The van der Waals surface area contributed by atoms with E-state index < -0.39 is 11.8 Å². The molecule has 0 radical (unpaired) electrons. The maximum absolute atomic E-state index is 10.3. The van der Waals surface area contributed by atoms with E-state index in [-0.39, 0.29) is 0 Å². The summed E-state index contributed by atoms with van der Waals surface area (Å²) in [5.74, 6) is 0. The summed E-state index contributed by atoms with van der Waals surface area (Å²) >= 11 is 0. The van der Waals surface area contributed by atoms with Gasteiger partial charge in [0, 0.05) is 6.54 Å². The Morgan fingerprint density at radius 3 is 1.22 bits per heavy atom. The highest BCUT2D eigenvalue weighted by Gasteiger charge is 2.52. The monoisotopic (exact) mass is 301 g/mol. The first-order chi connectivity index (χ1) is 11.3. The average molecular weight is 301 g/mol. The fourth-order valence-corrected chi connectivity index (χ4v) is 3.52. The molecule has 23 heavy (non-hydrogen) atoms. The van der Waals surface area contributed by atoms with Crippen LogP contribution in [0.1, 0.15) is 16.7 Å². The second-order valence-corrected chi connectivity index (χ2v) is 5.94. The van der Waals surface area contributed by atoms with Gasteiger partial charge in [0.15, 0.2) is 0 Å². The Labute approximate surface area is 136 Å². The first-order valence-corrected chi connectivity index (χ1v) is 7.95. The van der Waals surface area contributed by atoms with E-state index in [4.69, 9.17) is 0 Å². The van der Waals surface area contributed by atoms with Gasteiger partial charge in [0.05, 0.1) is 5.54 Å². The highest BCUT2D eigenvalue weighted by Crippen LogP contribution is 2.47. The van der Waals surface area contributed by atoms with Crippen LogP contribution in [-0.4, -0.2) is 22.8 Å². The lowest BCUT2D eigenvalue weighted by Gasteiger charge is -2.37.